The fraction of sp³-hybridized carbons (Fsp3) is 0.292. The second-order valence-corrected chi connectivity index (χ2v) is 10.6. The summed E-state index contributed by atoms with van der Waals surface area (Å²) in [7, 11) is -3.80. The Morgan fingerprint density at radius 2 is 1.77 bits per heavy atom. The van der Waals surface area contributed by atoms with E-state index in [4.69, 9.17) is 9.47 Å². The normalized spacial score (nSPS) is 18.7. The van der Waals surface area contributed by atoms with Gasteiger partial charge in [-0.15, -0.1) is 0 Å². The summed E-state index contributed by atoms with van der Waals surface area (Å²) in [6, 6.07) is 10.3. The highest BCUT2D eigenvalue weighted by molar-refractivity contribution is 7.89. The summed E-state index contributed by atoms with van der Waals surface area (Å²) >= 11 is 0. The summed E-state index contributed by atoms with van der Waals surface area (Å²) in [6.07, 6.45) is 1.61. The molecule has 1 atom stereocenters. The molecule has 6 rings (SSSR count). The number of carbonyl (C=O) groups is 1. The lowest BCUT2D eigenvalue weighted by molar-refractivity contribution is -0.139. The average Bonchev–Trinajstić information content (AvgIpc) is 3.47. The van der Waals surface area contributed by atoms with Gasteiger partial charge in [0.05, 0.1) is 11.7 Å². The maximum atomic E-state index is 13.2. The number of ether oxygens (including phenoxy) is 2. The van der Waals surface area contributed by atoms with Gasteiger partial charge in [-0.2, -0.15) is 4.31 Å². The van der Waals surface area contributed by atoms with Crippen LogP contribution in [0.5, 0.6) is 11.6 Å². The number of hydrogen-bond donors (Lipinski definition) is 1. The van der Waals surface area contributed by atoms with Crippen molar-refractivity contribution in [1.29, 1.82) is 0 Å². The van der Waals surface area contributed by atoms with Crippen molar-refractivity contribution in [2.75, 3.05) is 39.4 Å². The van der Waals surface area contributed by atoms with E-state index < -0.39 is 22.0 Å². The first kappa shape index (κ1) is 22.0. The van der Waals surface area contributed by atoms with E-state index in [1.165, 1.54) is 16.6 Å². The Labute approximate surface area is 201 Å². The Hall–Kier alpha value is -3.54. The minimum atomic E-state index is -3.80. The Balaban J connectivity index is 1.15. The van der Waals surface area contributed by atoms with Crippen LogP contribution < -0.4 is 9.47 Å². The lowest BCUT2D eigenvalue weighted by Gasteiger charge is -2.25. The molecule has 180 valence electrons. The highest BCUT2D eigenvalue weighted by Gasteiger charge is 2.39. The number of amides is 1. The number of nitrogens with zero attached hydrogens (tertiary/aromatic N) is 4. The van der Waals surface area contributed by atoms with Crippen molar-refractivity contribution in [2.45, 2.75) is 11.0 Å². The number of pyridine rings is 2. The number of hydrogen-bond acceptors (Lipinski definition) is 8. The predicted octanol–water partition coefficient (Wildman–Crippen LogP) is 1.28. The van der Waals surface area contributed by atoms with Crippen molar-refractivity contribution in [3.05, 3.63) is 65.5 Å². The molecule has 2 aromatic heterocycles. The van der Waals surface area contributed by atoms with Crippen molar-refractivity contribution < 1.29 is 27.8 Å². The van der Waals surface area contributed by atoms with Crippen LogP contribution in [-0.4, -0.2) is 78.0 Å². The first-order chi connectivity index (χ1) is 16.9. The van der Waals surface area contributed by atoms with Gasteiger partial charge in [0.15, 0.2) is 11.9 Å². The number of carbonyl (C=O) groups excluding carboxylic acids is 1. The Bertz CT molecular complexity index is 1470. The summed E-state index contributed by atoms with van der Waals surface area (Å²) < 4.78 is 38.7. The monoisotopic (exact) mass is 494 g/mol. The fourth-order valence-electron chi connectivity index (χ4n) is 4.75. The van der Waals surface area contributed by atoms with E-state index in [9.17, 15) is 18.3 Å². The van der Waals surface area contributed by atoms with Crippen molar-refractivity contribution in [3.8, 4) is 11.6 Å². The largest absolute Gasteiger partial charge is 0.484 e. The molecule has 1 N–H and O–H groups in total. The summed E-state index contributed by atoms with van der Waals surface area (Å²) in [5, 5.41) is 11.6. The molecule has 0 saturated heterocycles. The van der Waals surface area contributed by atoms with Gasteiger partial charge < -0.3 is 19.5 Å². The van der Waals surface area contributed by atoms with Crippen LogP contribution in [0.25, 0.3) is 10.9 Å². The van der Waals surface area contributed by atoms with E-state index in [1.807, 2.05) is 12.1 Å². The SMILES string of the molecule is O=C(C(O)c1cccc2ncccc12)N1CC2=C(C1)CN(S(=O)(=O)c1cnc3c(c1)OCCO3)C2. The quantitative estimate of drug-likeness (QED) is 0.539. The van der Waals surface area contributed by atoms with Crippen LogP contribution in [0.15, 0.2) is 64.8 Å². The lowest BCUT2D eigenvalue weighted by atomic mass is 10.0. The molecule has 10 nitrogen and oxygen atoms in total. The van der Waals surface area contributed by atoms with Gasteiger partial charge in [0.1, 0.15) is 18.1 Å². The molecule has 0 fully saturated rings. The number of aromatic nitrogens is 2. The van der Waals surface area contributed by atoms with E-state index in [-0.39, 0.29) is 37.0 Å². The fourth-order valence-corrected chi connectivity index (χ4v) is 6.14. The van der Waals surface area contributed by atoms with Crippen molar-refractivity contribution in [2.24, 2.45) is 0 Å². The minimum Gasteiger partial charge on any atom is -0.484 e. The van der Waals surface area contributed by atoms with E-state index in [1.54, 1.807) is 29.3 Å². The molecule has 1 aromatic carbocycles. The molecule has 3 aliphatic rings. The molecule has 5 heterocycles. The first-order valence-electron chi connectivity index (χ1n) is 11.2. The molecule has 11 heteroatoms. The molecular formula is C24H22N4O6S. The van der Waals surface area contributed by atoms with E-state index in [0.717, 1.165) is 16.5 Å². The van der Waals surface area contributed by atoms with Crippen LogP contribution in [0.3, 0.4) is 0 Å². The highest BCUT2D eigenvalue weighted by Crippen LogP contribution is 2.35. The number of sulfonamides is 1. The van der Waals surface area contributed by atoms with Crippen LogP contribution in [-0.2, 0) is 14.8 Å². The second kappa shape index (κ2) is 8.29. The molecule has 0 aliphatic carbocycles. The predicted molar refractivity (Wildman–Crippen MR) is 124 cm³/mol. The number of aliphatic hydroxyl groups excluding tert-OH is 1. The molecule has 0 bridgehead atoms. The van der Waals surface area contributed by atoms with Crippen molar-refractivity contribution in [1.82, 2.24) is 19.2 Å². The Morgan fingerprint density at radius 3 is 2.57 bits per heavy atom. The summed E-state index contributed by atoms with van der Waals surface area (Å²) in [5.74, 6) is 0.180. The van der Waals surface area contributed by atoms with Crippen LogP contribution in [0.1, 0.15) is 11.7 Å². The third kappa shape index (κ3) is 3.72. The van der Waals surface area contributed by atoms with Gasteiger partial charge >= 0.3 is 0 Å². The third-order valence-corrected chi connectivity index (χ3v) is 8.29. The number of benzene rings is 1. The maximum absolute atomic E-state index is 13.2. The van der Waals surface area contributed by atoms with Gasteiger partial charge in [0.25, 0.3) is 11.8 Å². The maximum Gasteiger partial charge on any atom is 0.257 e. The smallest absolute Gasteiger partial charge is 0.257 e. The molecule has 0 radical (unpaired) electrons. The minimum absolute atomic E-state index is 0.0378. The number of rotatable bonds is 4. The molecule has 0 saturated carbocycles. The zero-order valence-electron chi connectivity index (χ0n) is 18.6. The number of aliphatic hydroxyl groups is 1. The highest BCUT2D eigenvalue weighted by atomic mass is 32.2. The van der Waals surface area contributed by atoms with E-state index >= 15 is 0 Å². The molecule has 1 amide bonds. The molecular weight excluding hydrogens is 472 g/mol. The van der Waals surface area contributed by atoms with Crippen LogP contribution in [0.2, 0.25) is 0 Å². The molecule has 3 aliphatic heterocycles. The van der Waals surface area contributed by atoms with E-state index in [2.05, 4.69) is 9.97 Å². The molecule has 35 heavy (non-hydrogen) atoms. The van der Waals surface area contributed by atoms with Gasteiger partial charge in [0, 0.05) is 43.8 Å². The molecule has 3 aromatic rings. The number of fused-ring (bicyclic) bond motifs is 2. The van der Waals surface area contributed by atoms with Gasteiger partial charge in [-0.25, -0.2) is 13.4 Å². The standard InChI is InChI=1S/C24H22N4O6S/c29-22(19-3-1-5-20-18(19)4-2-6-25-20)24(30)27-11-15-13-28(14-16(15)12-27)35(31,32)17-9-21-23(26-10-17)34-8-7-33-21/h1-6,9-10,22,29H,7-8,11-14H2. The Kier molecular flexibility index (Phi) is 5.20. The lowest BCUT2D eigenvalue weighted by Crippen LogP contribution is -2.38. The van der Waals surface area contributed by atoms with Gasteiger partial charge in [-0.1, -0.05) is 18.2 Å². The Morgan fingerprint density at radius 1 is 1.00 bits per heavy atom. The van der Waals surface area contributed by atoms with Crippen LogP contribution >= 0.6 is 0 Å². The van der Waals surface area contributed by atoms with Gasteiger partial charge in [0.2, 0.25) is 10.0 Å². The zero-order chi connectivity index (χ0) is 24.2. The van der Waals surface area contributed by atoms with Gasteiger partial charge in [-0.3, -0.25) is 9.78 Å². The van der Waals surface area contributed by atoms with Crippen LogP contribution in [0, 0.1) is 0 Å². The summed E-state index contributed by atoms with van der Waals surface area (Å²) in [6.45, 7) is 1.63. The topological polar surface area (TPSA) is 122 Å². The average molecular weight is 495 g/mol. The van der Waals surface area contributed by atoms with Gasteiger partial charge in [-0.05, 0) is 28.8 Å². The second-order valence-electron chi connectivity index (χ2n) is 8.67. The first-order valence-corrected chi connectivity index (χ1v) is 12.6. The molecule has 1 unspecified atom stereocenters. The zero-order valence-corrected chi connectivity index (χ0v) is 19.4. The third-order valence-electron chi connectivity index (χ3n) is 6.53. The van der Waals surface area contributed by atoms with Crippen molar-refractivity contribution >= 4 is 26.8 Å². The molecule has 0 spiro atoms. The summed E-state index contributed by atoms with van der Waals surface area (Å²) in [5.41, 5.74) is 2.95. The van der Waals surface area contributed by atoms with E-state index in [0.29, 0.717) is 30.0 Å². The summed E-state index contributed by atoms with van der Waals surface area (Å²) in [4.78, 5) is 23.1. The van der Waals surface area contributed by atoms with Crippen molar-refractivity contribution in [3.63, 3.8) is 0 Å². The van der Waals surface area contributed by atoms with Crippen LogP contribution in [0.4, 0.5) is 0 Å².